The van der Waals surface area contributed by atoms with Gasteiger partial charge in [0.15, 0.2) is 0 Å². The molecular formula is C45H34N2S. The maximum atomic E-state index is 2.52. The predicted molar refractivity (Wildman–Crippen MR) is 207 cm³/mol. The van der Waals surface area contributed by atoms with Crippen molar-refractivity contribution in [2.75, 3.05) is 4.90 Å². The Balaban J connectivity index is 1.15. The van der Waals surface area contributed by atoms with Gasteiger partial charge in [-0.3, -0.25) is 0 Å². The minimum atomic E-state index is -0.0885. The third-order valence-corrected chi connectivity index (χ3v) is 11.9. The van der Waals surface area contributed by atoms with E-state index in [9.17, 15) is 0 Å². The number of hydrogen-bond donors (Lipinski definition) is 0. The van der Waals surface area contributed by atoms with Crippen LogP contribution in [-0.2, 0) is 5.41 Å². The van der Waals surface area contributed by atoms with Crippen molar-refractivity contribution in [1.82, 2.24) is 4.57 Å². The summed E-state index contributed by atoms with van der Waals surface area (Å²) in [7, 11) is 0. The van der Waals surface area contributed by atoms with Crippen LogP contribution in [0.15, 0.2) is 151 Å². The standard InChI is InChI=1S/C45H34N2S/c1-45(2)37-18-12-21-41(47-39-19-9-6-15-32(39)33-16-7-10-20-40(33)47)44(37)35-25-23-31(28-38(35)45)46(29-13-4-3-5-14-29)30-24-26-43-36(27-30)34-17-8-11-22-42(34)48-43/h3-11,13-17,19-28H,12,18H2,1-2H3. The number of aromatic nitrogens is 1. The molecule has 0 fully saturated rings. The summed E-state index contributed by atoms with van der Waals surface area (Å²) < 4.78 is 5.18. The van der Waals surface area contributed by atoms with Gasteiger partial charge in [-0.05, 0) is 90.2 Å². The molecule has 0 N–H and O–H groups in total. The van der Waals surface area contributed by atoms with Crippen molar-refractivity contribution in [2.45, 2.75) is 32.1 Å². The van der Waals surface area contributed by atoms with Gasteiger partial charge in [0.05, 0.1) is 16.7 Å². The quantitative estimate of drug-likeness (QED) is 0.187. The van der Waals surface area contributed by atoms with E-state index in [1.807, 2.05) is 11.3 Å². The van der Waals surface area contributed by atoms with Crippen LogP contribution in [-0.4, -0.2) is 4.57 Å². The summed E-state index contributed by atoms with van der Waals surface area (Å²) in [5.41, 5.74) is 13.0. The molecule has 0 radical (unpaired) electrons. The van der Waals surface area contributed by atoms with Crippen LogP contribution >= 0.6 is 11.3 Å². The molecule has 230 valence electrons. The molecule has 0 spiro atoms. The molecule has 0 saturated carbocycles. The summed E-state index contributed by atoms with van der Waals surface area (Å²) in [6.07, 6.45) is 4.61. The van der Waals surface area contributed by atoms with Gasteiger partial charge in [-0.1, -0.05) is 98.8 Å². The molecule has 8 aromatic rings. The van der Waals surface area contributed by atoms with Crippen LogP contribution in [0.4, 0.5) is 17.1 Å². The van der Waals surface area contributed by atoms with Crippen LogP contribution in [0.1, 0.15) is 37.8 Å². The second kappa shape index (κ2) is 10.3. The molecule has 2 nitrogen and oxygen atoms in total. The topological polar surface area (TPSA) is 8.17 Å². The van der Waals surface area contributed by atoms with Crippen LogP contribution in [0.25, 0.3) is 53.2 Å². The fourth-order valence-electron chi connectivity index (χ4n) is 8.49. The van der Waals surface area contributed by atoms with E-state index in [4.69, 9.17) is 0 Å². The Morgan fingerprint density at radius 2 is 1.21 bits per heavy atom. The van der Waals surface area contributed by atoms with Crippen molar-refractivity contribution in [3.05, 3.63) is 162 Å². The third-order valence-electron chi connectivity index (χ3n) is 10.7. The number of benzene rings is 6. The van der Waals surface area contributed by atoms with Crippen molar-refractivity contribution < 1.29 is 0 Å². The number of para-hydroxylation sites is 3. The lowest BCUT2D eigenvalue weighted by molar-refractivity contribution is 0.607. The van der Waals surface area contributed by atoms with Gasteiger partial charge >= 0.3 is 0 Å². The maximum absolute atomic E-state index is 2.52. The molecule has 10 rings (SSSR count). The first kappa shape index (κ1) is 27.7. The van der Waals surface area contributed by atoms with Crippen LogP contribution < -0.4 is 4.90 Å². The monoisotopic (exact) mass is 634 g/mol. The normalized spacial score (nSPS) is 15.3. The van der Waals surface area contributed by atoms with Crippen molar-refractivity contribution in [3.63, 3.8) is 0 Å². The Morgan fingerprint density at radius 1 is 0.583 bits per heavy atom. The van der Waals surface area contributed by atoms with Crippen molar-refractivity contribution in [3.8, 4) is 0 Å². The Bertz CT molecular complexity index is 2590. The van der Waals surface area contributed by atoms with Gasteiger partial charge in [-0.25, -0.2) is 0 Å². The van der Waals surface area contributed by atoms with Gasteiger partial charge in [0.2, 0.25) is 0 Å². The van der Waals surface area contributed by atoms with Gasteiger partial charge in [0.1, 0.15) is 0 Å². The molecule has 0 unspecified atom stereocenters. The number of hydrogen-bond acceptors (Lipinski definition) is 2. The minimum Gasteiger partial charge on any atom is -0.310 e. The first-order chi connectivity index (χ1) is 23.6. The summed E-state index contributed by atoms with van der Waals surface area (Å²) in [5, 5.41) is 5.25. The molecule has 2 aliphatic rings. The van der Waals surface area contributed by atoms with Crippen LogP contribution in [0.3, 0.4) is 0 Å². The zero-order valence-electron chi connectivity index (χ0n) is 27.1. The fourth-order valence-corrected chi connectivity index (χ4v) is 9.58. The average Bonchev–Trinajstić information content (AvgIpc) is 3.74. The van der Waals surface area contributed by atoms with E-state index in [1.54, 1.807) is 5.57 Å². The number of rotatable bonds is 4. The zero-order chi connectivity index (χ0) is 32.0. The molecule has 2 aromatic heterocycles. The summed E-state index contributed by atoms with van der Waals surface area (Å²) in [6.45, 7) is 4.87. The van der Waals surface area contributed by atoms with Crippen LogP contribution in [0.2, 0.25) is 0 Å². The molecule has 2 aliphatic carbocycles. The highest BCUT2D eigenvalue weighted by Gasteiger charge is 2.41. The highest BCUT2D eigenvalue weighted by molar-refractivity contribution is 7.25. The molecule has 6 aromatic carbocycles. The highest BCUT2D eigenvalue weighted by Crippen LogP contribution is 2.55. The third kappa shape index (κ3) is 3.91. The Labute approximate surface area is 284 Å². The maximum Gasteiger partial charge on any atom is 0.0541 e. The predicted octanol–water partition coefficient (Wildman–Crippen LogP) is 13.0. The van der Waals surface area contributed by atoms with Crippen molar-refractivity contribution in [2.24, 2.45) is 0 Å². The lowest BCUT2D eigenvalue weighted by Gasteiger charge is -2.29. The SMILES string of the molecule is CC1(C)C2=C(C(n3c4ccccc4c4ccccc43)=CCC2)c2ccc(N(c3ccccc3)c3ccc4sc5ccccc5c4c3)cc21. The van der Waals surface area contributed by atoms with Crippen LogP contribution in [0, 0.1) is 0 Å². The highest BCUT2D eigenvalue weighted by atomic mass is 32.1. The summed E-state index contributed by atoms with van der Waals surface area (Å²) in [4.78, 5) is 2.43. The number of anilines is 3. The smallest absolute Gasteiger partial charge is 0.0541 e. The number of nitrogens with zero attached hydrogens (tertiary/aromatic N) is 2. The van der Waals surface area contributed by atoms with E-state index in [-0.39, 0.29) is 5.41 Å². The second-order valence-electron chi connectivity index (χ2n) is 13.7. The molecule has 48 heavy (non-hydrogen) atoms. The Hall–Kier alpha value is -5.38. The van der Waals surface area contributed by atoms with E-state index in [0.717, 1.165) is 18.5 Å². The van der Waals surface area contributed by atoms with Gasteiger partial charge in [-0.15, -0.1) is 11.3 Å². The molecular weight excluding hydrogens is 601 g/mol. The number of thiophene rings is 1. The largest absolute Gasteiger partial charge is 0.310 e. The van der Waals surface area contributed by atoms with Crippen LogP contribution in [0.5, 0.6) is 0 Å². The van der Waals surface area contributed by atoms with E-state index >= 15 is 0 Å². The van der Waals surface area contributed by atoms with Crippen molar-refractivity contribution in [1.29, 1.82) is 0 Å². The summed E-state index contributed by atoms with van der Waals surface area (Å²) >= 11 is 1.87. The Morgan fingerprint density at radius 3 is 1.98 bits per heavy atom. The Kier molecular flexibility index (Phi) is 5.95. The van der Waals surface area contributed by atoms with E-state index in [0.29, 0.717) is 0 Å². The van der Waals surface area contributed by atoms with E-state index in [2.05, 4.69) is 169 Å². The number of allylic oxidation sites excluding steroid dienone is 4. The van der Waals surface area contributed by atoms with E-state index < -0.39 is 0 Å². The average molecular weight is 635 g/mol. The lowest BCUT2D eigenvalue weighted by atomic mass is 9.78. The molecule has 0 amide bonds. The van der Waals surface area contributed by atoms with E-state index in [1.165, 1.54) is 75.7 Å². The molecule has 0 bridgehead atoms. The minimum absolute atomic E-state index is 0.0885. The van der Waals surface area contributed by atoms with Gasteiger partial charge in [0, 0.05) is 59.0 Å². The van der Waals surface area contributed by atoms with Gasteiger partial charge < -0.3 is 9.47 Å². The molecule has 3 heteroatoms. The summed E-state index contributed by atoms with van der Waals surface area (Å²) in [6, 6.07) is 51.5. The van der Waals surface area contributed by atoms with Gasteiger partial charge in [-0.2, -0.15) is 0 Å². The fraction of sp³-hybridized carbons (Fsp3) is 0.111. The molecule has 0 saturated heterocycles. The molecule has 2 heterocycles. The lowest BCUT2D eigenvalue weighted by Crippen LogP contribution is -2.19. The number of fused-ring (bicyclic) bond motifs is 8. The first-order valence-electron chi connectivity index (χ1n) is 16.9. The summed E-state index contributed by atoms with van der Waals surface area (Å²) in [5.74, 6) is 0. The molecule has 0 atom stereocenters. The zero-order valence-corrected chi connectivity index (χ0v) is 27.9. The van der Waals surface area contributed by atoms with Gasteiger partial charge in [0.25, 0.3) is 0 Å². The first-order valence-corrected chi connectivity index (χ1v) is 17.7. The second-order valence-corrected chi connectivity index (χ2v) is 14.7. The van der Waals surface area contributed by atoms with Crippen molar-refractivity contribution >= 4 is 81.6 Å². The molecule has 0 aliphatic heterocycles.